The van der Waals surface area contributed by atoms with E-state index in [1.165, 1.54) is 0 Å². The number of hydrogen-bond acceptors (Lipinski definition) is 5. The van der Waals surface area contributed by atoms with Gasteiger partial charge in [-0.3, -0.25) is 0 Å². The van der Waals surface area contributed by atoms with Crippen molar-refractivity contribution in [3.63, 3.8) is 0 Å². The van der Waals surface area contributed by atoms with E-state index in [-0.39, 0.29) is 26.4 Å². The Balaban J connectivity index is 3.05. The van der Waals surface area contributed by atoms with E-state index in [4.69, 9.17) is 14.9 Å². The first-order valence-corrected chi connectivity index (χ1v) is 3.45. The van der Waals surface area contributed by atoms with Crippen LogP contribution >= 0.6 is 0 Å². The SMILES string of the molecule is NC(=O)OCCOCC(O)CO. The molecule has 0 aliphatic carbocycles. The number of amides is 1. The fourth-order valence-corrected chi connectivity index (χ4v) is 0.473. The number of ether oxygens (including phenoxy) is 2. The molecule has 4 N–H and O–H groups in total. The predicted molar refractivity (Wildman–Crippen MR) is 39.4 cm³/mol. The maximum absolute atomic E-state index is 10.0. The smallest absolute Gasteiger partial charge is 0.404 e. The maximum atomic E-state index is 10.0. The van der Waals surface area contributed by atoms with Gasteiger partial charge < -0.3 is 25.4 Å². The molecule has 0 bridgehead atoms. The summed E-state index contributed by atoms with van der Waals surface area (Å²) in [6, 6.07) is 0. The van der Waals surface area contributed by atoms with Crippen molar-refractivity contribution in [1.82, 2.24) is 0 Å². The summed E-state index contributed by atoms with van der Waals surface area (Å²) in [6.07, 6.45) is -1.75. The van der Waals surface area contributed by atoms with Crippen LogP contribution in [0.25, 0.3) is 0 Å². The van der Waals surface area contributed by atoms with Gasteiger partial charge in [0.2, 0.25) is 0 Å². The molecular weight excluding hydrogens is 166 g/mol. The summed E-state index contributed by atoms with van der Waals surface area (Å²) < 4.78 is 9.12. The molecule has 0 spiro atoms. The van der Waals surface area contributed by atoms with Gasteiger partial charge in [0.1, 0.15) is 12.7 Å². The molecule has 6 nitrogen and oxygen atoms in total. The minimum atomic E-state index is -0.890. The van der Waals surface area contributed by atoms with Crippen LogP contribution < -0.4 is 5.73 Å². The number of aliphatic hydroxyl groups is 2. The fourth-order valence-electron chi connectivity index (χ4n) is 0.473. The van der Waals surface area contributed by atoms with E-state index in [0.717, 1.165) is 0 Å². The summed E-state index contributed by atoms with van der Waals surface area (Å²) in [7, 11) is 0. The molecule has 0 rings (SSSR count). The van der Waals surface area contributed by atoms with Crippen molar-refractivity contribution in [1.29, 1.82) is 0 Å². The van der Waals surface area contributed by atoms with Crippen molar-refractivity contribution in [3.05, 3.63) is 0 Å². The molecule has 1 atom stereocenters. The van der Waals surface area contributed by atoms with E-state index in [2.05, 4.69) is 10.5 Å². The highest BCUT2D eigenvalue weighted by molar-refractivity contribution is 5.64. The van der Waals surface area contributed by atoms with Gasteiger partial charge in [-0.2, -0.15) is 0 Å². The molecule has 0 aliphatic rings. The summed E-state index contributed by atoms with van der Waals surface area (Å²) in [5.74, 6) is 0. The standard InChI is InChI=1S/C6H13NO5/c7-6(10)12-2-1-11-4-5(9)3-8/h5,8-9H,1-4H2,(H2,7,10). The largest absolute Gasteiger partial charge is 0.447 e. The minimum absolute atomic E-state index is 0.0125. The summed E-state index contributed by atoms with van der Waals surface area (Å²) in [5, 5.41) is 17.1. The predicted octanol–water partition coefficient (Wildman–Crippen LogP) is -1.55. The van der Waals surface area contributed by atoms with Crippen LogP contribution in [0.4, 0.5) is 4.79 Å². The molecular formula is C6H13NO5. The zero-order valence-electron chi connectivity index (χ0n) is 6.60. The van der Waals surface area contributed by atoms with Gasteiger partial charge in [-0.25, -0.2) is 4.79 Å². The lowest BCUT2D eigenvalue weighted by Gasteiger charge is -2.07. The third kappa shape index (κ3) is 7.26. The Morgan fingerprint density at radius 1 is 1.50 bits per heavy atom. The van der Waals surface area contributed by atoms with Crippen LogP contribution in [0.15, 0.2) is 0 Å². The van der Waals surface area contributed by atoms with Crippen molar-refractivity contribution in [3.8, 4) is 0 Å². The highest BCUT2D eigenvalue weighted by Gasteiger charge is 2.01. The van der Waals surface area contributed by atoms with E-state index in [0.29, 0.717) is 0 Å². The molecule has 0 aliphatic heterocycles. The van der Waals surface area contributed by atoms with Crippen LogP contribution in [-0.4, -0.2) is 48.8 Å². The van der Waals surface area contributed by atoms with Gasteiger partial charge in [0, 0.05) is 0 Å². The Bertz CT molecular complexity index is 129. The Hall–Kier alpha value is -0.850. The minimum Gasteiger partial charge on any atom is -0.447 e. The lowest BCUT2D eigenvalue weighted by Crippen LogP contribution is -2.22. The summed E-state index contributed by atoms with van der Waals surface area (Å²) >= 11 is 0. The van der Waals surface area contributed by atoms with Crippen LogP contribution in [0.5, 0.6) is 0 Å². The van der Waals surface area contributed by atoms with Gasteiger partial charge >= 0.3 is 6.09 Å². The Morgan fingerprint density at radius 3 is 2.67 bits per heavy atom. The van der Waals surface area contributed by atoms with E-state index in [1.807, 2.05) is 0 Å². The van der Waals surface area contributed by atoms with Crippen LogP contribution in [0.1, 0.15) is 0 Å². The zero-order chi connectivity index (χ0) is 9.40. The molecule has 1 amide bonds. The molecule has 0 radical (unpaired) electrons. The van der Waals surface area contributed by atoms with Gasteiger partial charge in [-0.15, -0.1) is 0 Å². The normalized spacial score (nSPS) is 12.5. The number of rotatable bonds is 6. The van der Waals surface area contributed by atoms with E-state index in [1.54, 1.807) is 0 Å². The third-order valence-corrected chi connectivity index (χ3v) is 0.993. The number of nitrogens with two attached hydrogens (primary N) is 1. The van der Waals surface area contributed by atoms with Gasteiger partial charge in [0.05, 0.1) is 19.8 Å². The number of carbonyl (C=O) groups is 1. The lowest BCUT2D eigenvalue weighted by molar-refractivity contribution is -0.00532. The highest BCUT2D eigenvalue weighted by Crippen LogP contribution is 1.84. The van der Waals surface area contributed by atoms with Crippen molar-refractivity contribution in [2.24, 2.45) is 5.73 Å². The van der Waals surface area contributed by atoms with E-state index in [9.17, 15) is 4.79 Å². The molecule has 0 heterocycles. The maximum Gasteiger partial charge on any atom is 0.404 e. The number of aliphatic hydroxyl groups excluding tert-OH is 2. The monoisotopic (exact) mass is 179 g/mol. The first kappa shape index (κ1) is 11.2. The second-order valence-electron chi connectivity index (χ2n) is 2.08. The van der Waals surface area contributed by atoms with E-state index >= 15 is 0 Å². The Kier molecular flexibility index (Phi) is 6.35. The Morgan fingerprint density at radius 2 is 2.17 bits per heavy atom. The number of primary amides is 1. The van der Waals surface area contributed by atoms with Gasteiger partial charge in [0.25, 0.3) is 0 Å². The highest BCUT2D eigenvalue weighted by atomic mass is 16.6. The zero-order valence-corrected chi connectivity index (χ0v) is 6.60. The second-order valence-corrected chi connectivity index (χ2v) is 2.08. The number of hydrogen-bond donors (Lipinski definition) is 3. The van der Waals surface area contributed by atoms with Gasteiger partial charge in [-0.05, 0) is 0 Å². The van der Waals surface area contributed by atoms with Crippen molar-refractivity contribution in [2.75, 3.05) is 26.4 Å². The van der Waals surface area contributed by atoms with Crippen LogP contribution in [-0.2, 0) is 9.47 Å². The first-order valence-electron chi connectivity index (χ1n) is 3.45. The average Bonchev–Trinajstić information content (AvgIpc) is 2.03. The second kappa shape index (κ2) is 6.84. The van der Waals surface area contributed by atoms with Crippen LogP contribution in [0.2, 0.25) is 0 Å². The molecule has 0 fully saturated rings. The van der Waals surface area contributed by atoms with Crippen molar-refractivity contribution in [2.45, 2.75) is 6.10 Å². The third-order valence-electron chi connectivity index (χ3n) is 0.993. The molecule has 72 valence electrons. The van der Waals surface area contributed by atoms with Gasteiger partial charge in [0.15, 0.2) is 0 Å². The van der Waals surface area contributed by atoms with Crippen molar-refractivity contribution < 1.29 is 24.5 Å². The summed E-state index contributed by atoms with van der Waals surface area (Å²) in [6.45, 7) is -0.136. The molecule has 0 aromatic rings. The quantitative estimate of drug-likeness (QED) is 0.428. The molecule has 0 aromatic heterocycles. The summed E-state index contributed by atoms with van der Waals surface area (Å²) in [4.78, 5) is 10.0. The molecule has 0 saturated carbocycles. The van der Waals surface area contributed by atoms with Crippen LogP contribution in [0, 0.1) is 0 Å². The molecule has 1 unspecified atom stereocenters. The van der Waals surface area contributed by atoms with Gasteiger partial charge in [-0.1, -0.05) is 0 Å². The molecule has 12 heavy (non-hydrogen) atoms. The molecule has 0 aromatic carbocycles. The Labute approximate surface area is 69.9 Å². The molecule has 6 heteroatoms. The average molecular weight is 179 g/mol. The first-order chi connectivity index (χ1) is 5.66. The summed E-state index contributed by atoms with van der Waals surface area (Å²) in [5.41, 5.74) is 4.65. The van der Waals surface area contributed by atoms with Crippen molar-refractivity contribution >= 4 is 6.09 Å². The van der Waals surface area contributed by atoms with Crippen LogP contribution in [0.3, 0.4) is 0 Å². The van der Waals surface area contributed by atoms with E-state index < -0.39 is 12.2 Å². The lowest BCUT2D eigenvalue weighted by atomic mass is 10.4. The number of carbonyl (C=O) groups excluding carboxylic acids is 1. The topological polar surface area (TPSA) is 102 Å². The molecule has 0 saturated heterocycles. The fraction of sp³-hybridized carbons (Fsp3) is 0.833.